The number of imide groups is 1. The van der Waals surface area contributed by atoms with Crippen LogP contribution < -0.4 is 15.0 Å². The SMILES string of the molecule is CN(C(=O)Oc1cc(F)c2c(c1)C(=O)N(C1CCC(=O)NC1=O)C2)c1ccc(C(C)(C)C)nc1. The van der Waals surface area contributed by atoms with Gasteiger partial charge in [0, 0.05) is 36.2 Å². The van der Waals surface area contributed by atoms with Crippen LogP contribution in [0.4, 0.5) is 14.9 Å². The predicted octanol–water partition coefficient (Wildman–Crippen LogP) is 2.91. The van der Waals surface area contributed by atoms with E-state index in [9.17, 15) is 23.6 Å². The maximum atomic E-state index is 14.8. The summed E-state index contributed by atoms with van der Waals surface area (Å²) in [5, 5.41) is 2.20. The summed E-state index contributed by atoms with van der Waals surface area (Å²) in [4.78, 5) is 56.0. The molecule has 34 heavy (non-hydrogen) atoms. The normalized spacial score (nSPS) is 18.0. The summed E-state index contributed by atoms with van der Waals surface area (Å²) in [7, 11) is 1.50. The first kappa shape index (κ1) is 23.3. The molecule has 2 aliphatic heterocycles. The van der Waals surface area contributed by atoms with Crippen molar-refractivity contribution in [1.82, 2.24) is 15.2 Å². The highest BCUT2D eigenvalue weighted by atomic mass is 19.1. The second-order valence-corrected chi connectivity index (χ2v) is 9.41. The fraction of sp³-hybridized carbons (Fsp3) is 0.375. The lowest BCUT2D eigenvalue weighted by Gasteiger charge is -2.29. The van der Waals surface area contributed by atoms with E-state index >= 15 is 0 Å². The van der Waals surface area contributed by atoms with Crippen LogP contribution in [-0.2, 0) is 21.5 Å². The van der Waals surface area contributed by atoms with Crippen LogP contribution in [0.15, 0.2) is 30.5 Å². The molecule has 2 aliphatic rings. The van der Waals surface area contributed by atoms with E-state index in [2.05, 4.69) is 10.3 Å². The molecule has 1 saturated heterocycles. The first-order valence-electron chi connectivity index (χ1n) is 10.8. The molecule has 4 rings (SSSR count). The molecular formula is C24H25FN4O5. The summed E-state index contributed by atoms with van der Waals surface area (Å²) in [5.74, 6) is -2.40. The van der Waals surface area contributed by atoms with Gasteiger partial charge in [0.05, 0.1) is 24.0 Å². The van der Waals surface area contributed by atoms with E-state index in [1.54, 1.807) is 12.3 Å². The van der Waals surface area contributed by atoms with Crippen LogP contribution >= 0.6 is 0 Å². The monoisotopic (exact) mass is 468 g/mol. The van der Waals surface area contributed by atoms with Gasteiger partial charge in [0.1, 0.15) is 17.6 Å². The van der Waals surface area contributed by atoms with Crippen LogP contribution in [0.2, 0.25) is 0 Å². The topological polar surface area (TPSA) is 109 Å². The van der Waals surface area contributed by atoms with Gasteiger partial charge in [-0.1, -0.05) is 20.8 Å². The van der Waals surface area contributed by atoms with Gasteiger partial charge in [-0.05, 0) is 24.6 Å². The molecule has 1 unspecified atom stereocenters. The third kappa shape index (κ3) is 4.35. The van der Waals surface area contributed by atoms with E-state index in [1.807, 2.05) is 26.8 Å². The van der Waals surface area contributed by atoms with Gasteiger partial charge >= 0.3 is 6.09 Å². The fourth-order valence-electron chi connectivity index (χ4n) is 3.95. The van der Waals surface area contributed by atoms with Gasteiger partial charge in [0.25, 0.3) is 5.91 Å². The number of benzene rings is 1. The Labute approximate surface area is 195 Å². The Bertz CT molecular complexity index is 1190. The lowest BCUT2D eigenvalue weighted by atomic mass is 9.92. The number of carbonyl (C=O) groups excluding carboxylic acids is 4. The summed E-state index contributed by atoms with van der Waals surface area (Å²) in [5.41, 5.74) is 1.34. The smallest absolute Gasteiger partial charge is 0.410 e. The van der Waals surface area contributed by atoms with Crippen molar-refractivity contribution in [3.63, 3.8) is 0 Å². The van der Waals surface area contributed by atoms with Crippen molar-refractivity contribution in [2.45, 2.75) is 51.6 Å². The van der Waals surface area contributed by atoms with Crippen LogP contribution in [0.3, 0.4) is 0 Å². The number of rotatable bonds is 3. The first-order valence-corrected chi connectivity index (χ1v) is 10.8. The van der Waals surface area contributed by atoms with Crippen molar-refractivity contribution in [2.75, 3.05) is 11.9 Å². The third-order valence-corrected chi connectivity index (χ3v) is 5.96. The number of hydrogen-bond acceptors (Lipinski definition) is 6. The van der Waals surface area contributed by atoms with E-state index in [4.69, 9.17) is 4.74 Å². The van der Waals surface area contributed by atoms with E-state index < -0.39 is 35.7 Å². The fourth-order valence-corrected chi connectivity index (χ4v) is 3.95. The average molecular weight is 468 g/mol. The molecule has 9 nitrogen and oxygen atoms in total. The zero-order valence-corrected chi connectivity index (χ0v) is 19.3. The molecule has 2 aromatic rings. The number of ether oxygens (including phenoxy) is 1. The Hall–Kier alpha value is -3.82. The number of hydrogen-bond donors (Lipinski definition) is 1. The van der Waals surface area contributed by atoms with E-state index in [1.165, 1.54) is 22.9 Å². The number of pyridine rings is 1. The van der Waals surface area contributed by atoms with Crippen molar-refractivity contribution in [2.24, 2.45) is 0 Å². The van der Waals surface area contributed by atoms with Gasteiger partial charge in [-0.3, -0.25) is 29.6 Å². The van der Waals surface area contributed by atoms with Gasteiger partial charge in [-0.25, -0.2) is 9.18 Å². The molecule has 3 heterocycles. The summed E-state index contributed by atoms with van der Waals surface area (Å²) in [6, 6.07) is 5.01. The highest BCUT2D eigenvalue weighted by Crippen LogP contribution is 2.32. The minimum Gasteiger partial charge on any atom is -0.410 e. The first-order chi connectivity index (χ1) is 16.0. The zero-order chi connectivity index (χ0) is 24.8. The highest BCUT2D eigenvalue weighted by Gasteiger charge is 2.40. The number of aromatic nitrogens is 1. The molecule has 0 aliphatic carbocycles. The van der Waals surface area contributed by atoms with Crippen LogP contribution in [-0.4, -0.2) is 46.8 Å². The molecule has 0 radical (unpaired) electrons. The molecule has 1 aromatic heterocycles. The maximum absolute atomic E-state index is 14.8. The van der Waals surface area contributed by atoms with Crippen molar-refractivity contribution in [1.29, 1.82) is 0 Å². The molecule has 4 amide bonds. The van der Waals surface area contributed by atoms with Crippen LogP contribution in [0.25, 0.3) is 0 Å². The van der Waals surface area contributed by atoms with Crippen LogP contribution in [0.5, 0.6) is 5.75 Å². The number of piperidine rings is 1. The Kier molecular flexibility index (Phi) is 5.84. The lowest BCUT2D eigenvalue weighted by Crippen LogP contribution is -2.52. The molecule has 1 aromatic carbocycles. The molecule has 178 valence electrons. The Morgan fingerprint density at radius 1 is 1.24 bits per heavy atom. The minimum absolute atomic E-state index is 0.0198. The summed E-state index contributed by atoms with van der Waals surface area (Å²) < 4.78 is 20.1. The molecule has 0 spiro atoms. The molecule has 0 saturated carbocycles. The average Bonchev–Trinajstić information content (AvgIpc) is 3.09. The molecule has 10 heteroatoms. The number of carbonyl (C=O) groups is 4. The predicted molar refractivity (Wildman–Crippen MR) is 120 cm³/mol. The largest absolute Gasteiger partial charge is 0.419 e. The lowest BCUT2D eigenvalue weighted by molar-refractivity contribution is -0.136. The number of amides is 4. The van der Waals surface area contributed by atoms with E-state index in [0.29, 0.717) is 5.69 Å². The van der Waals surface area contributed by atoms with Crippen LogP contribution in [0.1, 0.15) is 55.2 Å². The van der Waals surface area contributed by atoms with Gasteiger partial charge in [0.15, 0.2) is 0 Å². The van der Waals surface area contributed by atoms with Gasteiger partial charge in [-0.2, -0.15) is 0 Å². The van der Waals surface area contributed by atoms with Gasteiger partial charge < -0.3 is 9.64 Å². The second-order valence-electron chi connectivity index (χ2n) is 9.41. The van der Waals surface area contributed by atoms with Crippen molar-refractivity contribution >= 4 is 29.5 Å². The summed E-state index contributed by atoms with van der Waals surface area (Å²) >= 11 is 0. The van der Waals surface area contributed by atoms with E-state index in [-0.39, 0.29) is 41.7 Å². The van der Waals surface area contributed by atoms with Crippen LogP contribution in [0, 0.1) is 5.82 Å². The highest BCUT2D eigenvalue weighted by molar-refractivity contribution is 6.05. The second kappa shape index (κ2) is 8.51. The summed E-state index contributed by atoms with van der Waals surface area (Å²) in [6.45, 7) is 5.97. The summed E-state index contributed by atoms with van der Waals surface area (Å²) in [6.07, 6.45) is 1.03. The molecule has 0 bridgehead atoms. The van der Waals surface area contributed by atoms with Gasteiger partial charge in [0.2, 0.25) is 11.8 Å². The number of anilines is 1. The number of halogens is 1. The third-order valence-electron chi connectivity index (χ3n) is 5.96. The quantitative estimate of drug-likeness (QED) is 0.694. The molecule has 1 N–H and O–H groups in total. The molecule has 1 atom stereocenters. The Morgan fingerprint density at radius 2 is 1.97 bits per heavy atom. The number of fused-ring (bicyclic) bond motifs is 1. The Morgan fingerprint density at radius 3 is 2.59 bits per heavy atom. The number of nitrogens with one attached hydrogen (secondary N) is 1. The molecule has 1 fully saturated rings. The zero-order valence-electron chi connectivity index (χ0n) is 19.3. The number of nitrogens with zero attached hydrogens (tertiary/aromatic N) is 3. The molecular weight excluding hydrogens is 443 g/mol. The van der Waals surface area contributed by atoms with Crippen molar-refractivity contribution in [3.05, 3.63) is 53.1 Å². The Balaban J connectivity index is 1.50. The maximum Gasteiger partial charge on any atom is 0.419 e. The minimum atomic E-state index is -0.863. The standard InChI is InChI=1S/C24H25FN4O5/c1-24(2,3)19-7-5-13(11-26-19)28(4)23(33)34-14-9-15-16(17(25)10-14)12-29(22(15)32)18-6-8-20(30)27-21(18)31/h5,7,9-11,18H,6,8,12H2,1-4H3,(H,27,30,31). The van der Waals surface area contributed by atoms with E-state index in [0.717, 1.165) is 11.8 Å². The van der Waals surface area contributed by atoms with Crippen molar-refractivity contribution < 1.29 is 28.3 Å². The van der Waals surface area contributed by atoms with Crippen molar-refractivity contribution in [3.8, 4) is 5.75 Å². The van der Waals surface area contributed by atoms with Gasteiger partial charge in [-0.15, -0.1) is 0 Å².